The van der Waals surface area contributed by atoms with E-state index >= 15 is 0 Å². The number of hydrogen-bond donors (Lipinski definition) is 2. The van der Waals surface area contributed by atoms with Crippen LogP contribution in [-0.2, 0) is 20.8 Å². The molecule has 1 heterocycles. The average molecular weight is 615 g/mol. The van der Waals surface area contributed by atoms with E-state index in [0.29, 0.717) is 30.6 Å². The van der Waals surface area contributed by atoms with Crippen LogP contribution in [0.25, 0.3) is 10.8 Å². The van der Waals surface area contributed by atoms with Gasteiger partial charge in [-0.1, -0.05) is 74.9 Å². The summed E-state index contributed by atoms with van der Waals surface area (Å²) in [6.45, 7) is 7.89. The molecule has 3 aromatic rings. The van der Waals surface area contributed by atoms with Crippen molar-refractivity contribution in [1.29, 1.82) is 0 Å². The number of fused-ring (bicyclic) bond motifs is 1. The summed E-state index contributed by atoms with van der Waals surface area (Å²) in [5, 5.41) is 10.2. The number of hydrogen-bond acceptors (Lipinski definition) is 5. The second-order valence-electron chi connectivity index (χ2n) is 12.6. The van der Waals surface area contributed by atoms with Crippen LogP contribution >= 0.6 is 11.3 Å². The van der Waals surface area contributed by atoms with Crippen LogP contribution in [0.1, 0.15) is 86.5 Å². The van der Waals surface area contributed by atoms with Crippen LogP contribution in [0, 0.1) is 24.7 Å². The third kappa shape index (κ3) is 8.98. The number of rotatable bonds is 14. The maximum atomic E-state index is 14.1. The van der Waals surface area contributed by atoms with Crippen molar-refractivity contribution >= 4 is 45.5 Å². The molecule has 1 aromatic heterocycles. The maximum absolute atomic E-state index is 14.1. The molecule has 1 fully saturated rings. The Morgan fingerprint density at radius 2 is 1.80 bits per heavy atom. The highest BCUT2D eigenvalue weighted by molar-refractivity contribution is 7.12. The highest BCUT2D eigenvalue weighted by Crippen LogP contribution is 2.27. The van der Waals surface area contributed by atoms with E-state index in [2.05, 4.69) is 10.6 Å². The average Bonchev–Trinajstić information content (AvgIpc) is 3.43. The third-order valence-electron chi connectivity index (χ3n) is 8.61. The van der Waals surface area contributed by atoms with E-state index in [0.717, 1.165) is 41.2 Å². The summed E-state index contributed by atoms with van der Waals surface area (Å²) in [5.74, 6) is -0.732. The Bertz CT molecular complexity index is 1480. The molecule has 0 aliphatic heterocycles. The van der Waals surface area contributed by atoms with Crippen molar-refractivity contribution in [2.45, 2.75) is 91.1 Å². The number of benzene rings is 2. The maximum Gasteiger partial charge on any atom is 0.262 e. The minimum atomic E-state index is -0.788. The van der Waals surface area contributed by atoms with Crippen LogP contribution in [0.4, 0.5) is 0 Å². The minimum Gasteiger partial charge on any atom is -0.350 e. The summed E-state index contributed by atoms with van der Waals surface area (Å²) < 4.78 is 0. The first-order chi connectivity index (χ1) is 21.2. The molecule has 1 aliphatic carbocycles. The molecule has 2 N–H and O–H groups in total. The number of thiophene rings is 1. The van der Waals surface area contributed by atoms with E-state index in [-0.39, 0.29) is 47.7 Å². The molecule has 1 unspecified atom stereocenters. The van der Waals surface area contributed by atoms with Crippen molar-refractivity contribution in [2.75, 3.05) is 0 Å². The predicted octanol–water partition coefficient (Wildman–Crippen LogP) is 7.38. The largest absolute Gasteiger partial charge is 0.350 e. The lowest BCUT2D eigenvalue weighted by Gasteiger charge is -2.27. The molecule has 7 heteroatoms. The fourth-order valence-electron chi connectivity index (χ4n) is 6.33. The van der Waals surface area contributed by atoms with Gasteiger partial charge in [-0.15, -0.1) is 11.3 Å². The van der Waals surface area contributed by atoms with Crippen LogP contribution in [0.15, 0.2) is 66.1 Å². The molecule has 2 aromatic carbocycles. The monoisotopic (exact) mass is 614 g/mol. The van der Waals surface area contributed by atoms with Crippen LogP contribution in [-0.4, -0.2) is 35.5 Å². The molecule has 4 rings (SSSR count). The summed E-state index contributed by atoms with van der Waals surface area (Å²) in [4.78, 5) is 54.3. The van der Waals surface area contributed by atoms with E-state index < -0.39 is 12.0 Å². The van der Waals surface area contributed by atoms with Gasteiger partial charge >= 0.3 is 0 Å². The van der Waals surface area contributed by atoms with Gasteiger partial charge in [0, 0.05) is 37.1 Å². The Hall–Kier alpha value is -3.58. The van der Waals surface area contributed by atoms with Gasteiger partial charge in [-0.25, -0.2) is 0 Å². The zero-order chi connectivity index (χ0) is 31.6. The first-order valence-corrected chi connectivity index (χ1v) is 16.8. The quantitative estimate of drug-likeness (QED) is 0.185. The Morgan fingerprint density at radius 1 is 1.02 bits per heavy atom. The first kappa shape index (κ1) is 33.3. The lowest BCUT2D eigenvalue weighted by atomic mass is 9.83. The Balaban J connectivity index is 1.55. The minimum absolute atomic E-state index is 0.0219. The topological polar surface area (TPSA) is 92.3 Å². The summed E-state index contributed by atoms with van der Waals surface area (Å²) >= 11 is 1.36. The summed E-state index contributed by atoms with van der Waals surface area (Å²) in [7, 11) is 0. The molecule has 1 saturated carbocycles. The third-order valence-corrected chi connectivity index (χ3v) is 9.63. The number of Topliss-reactive ketones (excluding diaryl/α,β-unsaturated/α-hetero) is 2. The summed E-state index contributed by atoms with van der Waals surface area (Å²) in [6, 6.07) is 14.9. The Labute approximate surface area is 265 Å². The number of ketones is 2. The standard InChI is InChI=1S/C37H46N2O4S/c1-5-11-30(21-28-13-7-9-17-33(28)40)38-36(42)29(20-24(2)3)23-34(41)32(39-37(43)35-25(4)18-19-44-35)22-27-15-10-14-26-12-6-8-16-31(26)27/h5-6,8,10-12,14-16,18-19,24,28-30,32H,7,9,13,17,20-23H2,1-4H3,(H,38,42)(H,39,43)/b11-5+/t28-,29+,30?,32-/m0/s1. The molecule has 0 spiro atoms. The second-order valence-corrected chi connectivity index (χ2v) is 13.5. The Kier molecular flexibility index (Phi) is 12.1. The molecule has 1 aliphatic rings. The number of nitrogens with one attached hydrogen (secondary N) is 2. The van der Waals surface area contributed by atoms with Crippen LogP contribution in [0.2, 0.25) is 0 Å². The lowest BCUT2D eigenvalue weighted by Crippen LogP contribution is -2.45. The molecule has 0 saturated heterocycles. The van der Waals surface area contributed by atoms with Gasteiger partial charge in [-0.3, -0.25) is 19.2 Å². The van der Waals surface area contributed by atoms with Gasteiger partial charge in [-0.05, 0) is 78.8 Å². The molecule has 234 valence electrons. The smallest absolute Gasteiger partial charge is 0.262 e. The number of amides is 2. The van der Waals surface area contributed by atoms with Crippen LogP contribution in [0.3, 0.4) is 0 Å². The number of carbonyl (C=O) groups excluding carboxylic acids is 4. The highest BCUT2D eigenvalue weighted by Gasteiger charge is 2.31. The normalized spacial score (nSPS) is 17.5. The molecule has 2 amide bonds. The van der Waals surface area contributed by atoms with Crippen molar-refractivity contribution < 1.29 is 19.2 Å². The van der Waals surface area contributed by atoms with E-state index in [1.807, 2.05) is 93.8 Å². The van der Waals surface area contributed by atoms with Gasteiger partial charge in [0.25, 0.3) is 5.91 Å². The van der Waals surface area contributed by atoms with Crippen molar-refractivity contribution in [3.8, 4) is 0 Å². The van der Waals surface area contributed by atoms with E-state index in [4.69, 9.17) is 0 Å². The van der Waals surface area contributed by atoms with Crippen molar-refractivity contribution in [2.24, 2.45) is 17.8 Å². The highest BCUT2D eigenvalue weighted by atomic mass is 32.1. The van der Waals surface area contributed by atoms with Crippen LogP contribution in [0.5, 0.6) is 0 Å². The molecule has 6 nitrogen and oxygen atoms in total. The van der Waals surface area contributed by atoms with E-state index in [9.17, 15) is 19.2 Å². The van der Waals surface area contributed by atoms with Crippen molar-refractivity contribution in [3.63, 3.8) is 0 Å². The number of allylic oxidation sites excluding steroid dienone is 1. The predicted molar refractivity (Wildman–Crippen MR) is 179 cm³/mol. The van der Waals surface area contributed by atoms with Gasteiger partial charge in [-0.2, -0.15) is 0 Å². The van der Waals surface area contributed by atoms with Gasteiger partial charge < -0.3 is 10.6 Å². The van der Waals surface area contributed by atoms with Crippen molar-refractivity contribution in [3.05, 3.63) is 82.1 Å². The van der Waals surface area contributed by atoms with E-state index in [1.165, 1.54) is 11.3 Å². The SMILES string of the molecule is C/C=C/C(C[C@@H]1CCCCC1=O)NC(=O)[C@@H](CC(=O)[C@H](Cc1cccc2ccccc12)NC(=O)c1sccc1C)CC(C)C. The Morgan fingerprint density at radius 3 is 2.50 bits per heavy atom. The number of aryl methyl sites for hydroxylation is 1. The molecule has 4 atom stereocenters. The van der Waals surface area contributed by atoms with Gasteiger partial charge in [0.2, 0.25) is 5.91 Å². The molecule has 44 heavy (non-hydrogen) atoms. The van der Waals surface area contributed by atoms with Crippen LogP contribution < -0.4 is 10.6 Å². The molecule has 0 bridgehead atoms. The zero-order valence-corrected chi connectivity index (χ0v) is 27.3. The molecular formula is C37H46N2O4S. The van der Waals surface area contributed by atoms with Gasteiger partial charge in [0.05, 0.1) is 10.9 Å². The number of carbonyl (C=O) groups is 4. The van der Waals surface area contributed by atoms with Gasteiger partial charge in [0.1, 0.15) is 5.78 Å². The molecular weight excluding hydrogens is 568 g/mol. The summed E-state index contributed by atoms with van der Waals surface area (Å²) in [6.07, 6.45) is 8.77. The zero-order valence-electron chi connectivity index (χ0n) is 26.4. The molecule has 0 radical (unpaired) electrons. The second kappa shape index (κ2) is 15.9. The van der Waals surface area contributed by atoms with Crippen molar-refractivity contribution in [1.82, 2.24) is 10.6 Å². The summed E-state index contributed by atoms with van der Waals surface area (Å²) in [5.41, 5.74) is 1.84. The fraction of sp³-hybridized carbons (Fsp3) is 0.459. The van der Waals surface area contributed by atoms with E-state index in [1.54, 1.807) is 0 Å². The van der Waals surface area contributed by atoms with Gasteiger partial charge in [0.15, 0.2) is 5.78 Å². The fourth-order valence-corrected chi connectivity index (χ4v) is 7.16. The first-order valence-electron chi connectivity index (χ1n) is 16.0. The lowest BCUT2D eigenvalue weighted by molar-refractivity contribution is -0.131.